The van der Waals surface area contributed by atoms with Crippen LogP contribution in [-0.4, -0.2) is 21.7 Å². The van der Waals surface area contributed by atoms with Gasteiger partial charge in [0, 0.05) is 0 Å². The molecule has 0 fully saturated rings. The summed E-state index contributed by atoms with van der Waals surface area (Å²) in [4.78, 5) is 29.8. The van der Waals surface area contributed by atoms with E-state index in [1.54, 1.807) is 24.3 Å². The fourth-order valence-corrected chi connectivity index (χ4v) is 3.33. The van der Waals surface area contributed by atoms with E-state index in [4.69, 9.17) is 0 Å². The Balaban J connectivity index is 1.77. The number of pyridine rings is 1. The van der Waals surface area contributed by atoms with Gasteiger partial charge in [0.25, 0.3) is 11.8 Å². The summed E-state index contributed by atoms with van der Waals surface area (Å²) in [7, 11) is 0. The van der Waals surface area contributed by atoms with Crippen molar-refractivity contribution in [2.45, 2.75) is 25.1 Å². The minimum absolute atomic E-state index is 0.166. The van der Waals surface area contributed by atoms with E-state index in [1.165, 1.54) is 6.07 Å². The molecule has 1 aromatic heterocycles. The van der Waals surface area contributed by atoms with Gasteiger partial charge in [-0.05, 0) is 36.6 Å². The normalized spacial score (nSPS) is 19.6. The number of aromatic nitrogens is 1. The van der Waals surface area contributed by atoms with Crippen molar-refractivity contribution in [3.05, 3.63) is 64.5 Å². The number of hydrogen-bond donors (Lipinski definition) is 0. The summed E-state index contributed by atoms with van der Waals surface area (Å²) in [5, 5.41) is 0. The second kappa shape index (κ2) is 4.90. The van der Waals surface area contributed by atoms with E-state index in [-0.39, 0.29) is 16.8 Å². The molecule has 24 heavy (non-hydrogen) atoms. The molecule has 0 bridgehead atoms. The predicted molar refractivity (Wildman–Crippen MR) is 77.2 cm³/mol. The summed E-state index contributed by atoms with van der Waals surface area (Å²) in [6.07, 6.45) is -3.70. The lowest BCUT2D eigenvalue weighted by Gasteiger charge is -2.22. The number of amides is 2. The third-order valence-electron chi connectivity index (χ3n) is 4.44. The highest BCUT2D eigenvalue weighted by Gasteiger charge is 2.44. The molecule has 4 rings (SSSR count). The van der Waals surface area contributed by atoms with Gasteiger partial charge in [0.1, 0.15) is 5.69 Å². The van der Waals surface area contributed by atoms with Crippen molar-refractivity contribution in [2.75, 3.05) is 0 Å². The number of carbonyl (C=O) groups excluding carboxylic acids is 2. The summed E-state index contributed by atoms with van der Waals surface area (Å²) < 4.78 is 38.8. The van der Waals surface area contributed by atoms with Crippen LogP contribution in [0.4, 0.5) is 13.2 Å². The van der Waals surface area contributed by atoms with E-state index in [9.17, 15) is 22.8 Å². The topological polar surface area (TPSA) is 50.3 Å². The zero-order valence-electron chi connectivity index (χ0n) is 12.3. The molecular formula is C17H11F3N2O2. The van der Waals surface area contributed by atoms with E-state index in [2.05, 4.69) is 4.98 Å². The number of alkyl halides is 3. The number of aryl methyl sites for hydroxylation is 1. The van der Waals surface area contributed by atoms with Crippen molar-refractivity contribution >= 4 is 11.8 Å². The molecule has 1 atom stereocenters. The van der Waals surface area contributed by atoms with Crippen molar-refractivity contribution in [2.24, 2.45) is 0 Å². The number of carbonyl (C=O) groups is 2. The fourth-order valence-electron chi connectivity index (χ4n) is 3.33. The molecule has 2 heterocycles. The molecule has 4 nitrogen and oxygen atoms in total. The van der Waals surface area contributed by atoms with Crippen molar-refractivity contribution < 1.29 is 22.8 Å². The van der Waals surface area contributed by atoms with Crippen LogP contribution in [0.2, 0.25) is 0 Å². The molecule has 0 saturated carbocycles. The van der Waals surface area contributed by atoms with Crippen LogP contribution in [-0.2, 0) is 12.6 Å². The molecule has 122 valence electrons. The van der Waals surface area contributed by atoms with E-state index in [0.717, 1.165) is 11.0 Å². The van der Waals surface area contributed by atoms with Gasteiger partial charge in [0.2, 0.25) is 0 Å². The Kier molecular flexibility index (Phi) is 3.03. The lowest BCUT2D eigenvalue weighted by molar-refractivity contribution is -0.141. The minimum Gasteiger partial charge on any atom is -0.269 e. The molecule has 0 saturated heterocycles. The standard InChI is InChI=1S/C17H11F3N2O2/c18-17(19,20)13-8-6-9-5-7-12(14(9)21-13)22-15(23)10-3-1-2-4-11(10)16(22)24/h1-4,6,8,12H,5,7H2. The van der Waals surface area contributed by atoms with Gasteiger partial charge in [0.15, 0.2) is 0 Å². The van der Waals surface area contributed by atoms with Crippen LogP contribution in [0.5, 0.6) is 0 Å². The molecule has 0 N–H and O–H groups in total. The number of halogens is 3. The number of fused-ring (bicyclic) bond motifs is 2. The first kappa shape index (κ1) is 14.9. The molecule has 1 aromatic carbocycles. The first-order chi connectivity index (χ1) is 11.4. The molecular weight excluding hydrogens is 321 g/mol. The third-order valence-corrected chi connectivity index (χ3v) is 4.44. The first-order valence-electron chi connectivity index (χ1n) is 7.42. The van der Waals surface area contributed by atoms with Crippen molar-refractivity contribution in [3.8, 4) is 0 Å². The maximum atomic E-state index is 12.9. The highest BCUT2D eigenvalue weighted by Crippen LogP contribution is 2.40. The van der Waals surface area contributed by atoms with Gasteiger partial charge >= 0.3 is 6.18 Å². The highest BCUT2D eigenvalue weighted by atomic mass is 19.4. The molecule has 1 unspecified atom stereocenters. The van der Waals surface area contributed by atoms with Crippen molar-refractivity contribution in [3.63, 3.8) is 0 Å². The Labute approximate surface area is 134 Å². The Morgan fingerprint density at radius 2 is 1.62 bits per heavy atom. The highest BCUT2D eigenvalue weighted by molar-refractivity contribution is 6.21. The lowest BCUT2D eigenvalue weighted by atomic mass is 10.1. The minimum atomic E-state index is -4.57. The summed E-state index contributed by atoms with van der Waals surface area (Å²) in [5.74, 6) is -0.958. The maximum Gasteiger partial charge on any atom is 0.433 e. The van der Waals surface area contributed by atoms with E-state index < -0.39 is 29.7 Å². The van der Waals surface area contributed by atoms with Crippen LogP contribution in [0.1, 0.15) is 50.1 Å². The van der Waals surface area contributed by atoms with Crippen LogP contribution < -0.4 is 0 Å². The number of imide groups is 1. The number of rotatable bonds is 1. The number of hydrogen-bond acceptors (Lipinski definition) is 3. The smallest absolute Gasteiger partial charge is 0.269 e. The predicted octanol–water partition coefficient (Wildman–Crippen LogP) is 3.38. The van der Waals surface area contributed by atoms with Gasteiger partial charge in [-0.1, -0.05) is 18.2 Å². The monoisotopic (exact) mass is 332 g/mol. The second-order valence-corrected chi connectivity index (χ2v) is 5.82. The molecule has 2 aliphatic rings. The summed E-state index contributed by atoms with van der Waals surface area (Å²) in [6, 6.07) is 7.95. The van der Waals surface area contributed by atoms with Gasteiger partial charge in [-0.25, -0.2) is 4.98 Å². The average molecular weight is 332 g/mol. The van der Waals surface area contributed by atoms with E-state index in [0.29, 0.717) is 18.4 Å². The van der Waals surface area contributed by atoms with Crippen molar-refractivity contribution in [1.82, 2.24) is 9.88 Å². The summed E-state index contributed by atoms with van der Waals surface area (Å²) in [6.45, 7) is 0. The number of benzene rings is 1. The zero-order valence-corrected chi connectivity index (χ0v) is 12.3. The van der Waals surface area contributed by atoms with Gasteiger partial charge < -0.3 is 0 Å². The molecule has 1 aliphatic carbocycles. The Hall–Kier alpha value is -2.70. The molecule has 0 spiro atoms. The van der Waals surface area contributed by atoms with Gasteiger partial charge in [-0.15, -0.1) is 0 Å². The van der Waals surface area contributed by atoms with E-state index in [1.807, 2.05) is 0 Å². The molecule has 7 heteroatoms. The largest absolute Gasteiger partial charge is 0.433 e. The van der Waals surface area contributed by atoms with Crippen LogP contribution in [0.15, 0.2) is 36.4 Å². The molecule has 1 aliphatic heterocycles. The quantitative estimate of drug-likeness (QED) is 0.752. The average Bonchev–Trinajstić information content (AvgIpc) is 3.06. The van der Waals surface area contributed by atoms with Gasteiger partial charge in [-0.2, -0.15) is 13.2 Å². The Bertz CT molecular complexity index is 841. The summed E-state index contributed by atoms with van der Waals surface area (Å²) in [5.41, 5.74) is 0.361. The molecule has 2 amide bonds. The fraction of sp³-hybridized carbons (Fsp3) is 0.235. The maximum absolute atomic E-state index is 12.9. The van der Waals surface area contributed by atoms with Crippen molar-refractivity contribution in [1.29, 1.82) is 0 Å². The van der Waals surface area contributed by atoms with Gasteiger partial charge in [0.05, 0.1) is 22.9 Å². The third kappa shape index (κ3) is 2.04. The van der Waals surface area contributed by atoms with Crippen LogP contribution in [0.3, 0.4) is 0 Å². The second-order valence-electron chi connectivity index (χ2n) is 5.82. The number of nitrogens with zero attached hydrogens (tertiary/aromatic N) is 2. The van der Waals surface area contributed by atoms with E-state index >= 15 is 0 Å². The summed E-state index contributed by atoms with van der Waals surface area (Å²) >= 11 is 0. The first-order valence-corrected chi connectivity index (χ1v) is 7.42. The van der Waals surface area contributed by atoms with Crippen LogP contribution >= 0.6 is 0 Å². The zero-order chi connectivity index (χ0) is 17.1. The molecule has 2 aromatic rings. The SMILES string of the molecule is O=C1c2ccccc2C(=O)N1C1CCc2ccc(C(F)(F)F)nc21. The van der Waals surface area contributed by atoms with Crippen LogP contribution in [0, 0.1) is 0 Å². The lowest BCUT2D eigenvalue weighted by Crippen LogP contribution is -2.33. The molecule has 0 radical (unpaired) electrons. The van der Waals surface area contributed by atoms with Gasteiger partial charge in [-0.3, -0.25) is 14.5 Å². The Morgan fingerprint density at radius 3 is 2.21 bits per heavy atom. The Morgan fingerprint density at radius 1 is 1.00 bits per heavy atom. The van der Waals surface area contributed by atoms with Crippen LogP contribution in [0.25, 0.3) is 0 Å².